The van der Waals surface area contributed by atoms with Crippen molar-refractivity contribution in [1.82, 2.24) is 10.3 Å². The minimum atomic E-state index is 0. The first-order chi connectivity index (χ1) is 8.29. The van der Waals surface area contributed by atoms with Crippen LogP contribution < -0.4 is 10.1 Å². The van der Waals surface area contributed by atoms with Gasteiger partial charge in [-0.05, 0) is 50.1 Å². The van der Waals surface area contributed by atoms with Gasteiger partial charge in [-0.15, -0.1) is 12.4 Å². The topological polar surface area (TPSA) is 37.0 Å². The van der Waals surface area contributed by atoms with Gasteiger partial charge in [0, 0.05) is 22.6 Å². The summed E-state index contributed by atoms with van der Waals surface area (Å²) in [6.07, 6.45) is 2.33. The Bertz CT molecular complexity index is 550. The highest BCUT2D eigenvalue weighted by molar-refractivity contribution is 5.86. The summed E-state index contributed by atoms with van der Waals surface area (Å²) in [6.45, 7) is 3.31. The molecule has 18 heavy (non-hydrogen) atoms. The fourth-order valence-electron chi connectivity index (χ4n) is 2.70. The number of aryl methyl sites for hydroxylation is 1. The average molecular weight is 267 g/mol. The molecule has 0 spiro atoms. The lowest BCUT2D eigenvalue weighted by atomic mass is 10.0. The Labute approximate surface area is 113 Å². The first kappa shape index (κ1) is 13.2. The van der Waals surface area contributed by atoms with E-state index in [1.165, 1.54) is 28.6 Å². The van der Waals surface area contributed by atoms with E-state index in [2.05, 4.69) is 29.4 Å². The molecule has 4 heteroatoms. The number of benzene rings is 1. The molecule has 0 saturated carbocycles. The van der Waals surface area contributed by atoms with Gasteiger partial charge in [-0.1, -0.05) is 0 Å². The van der Waals surface area contributed by atoms with Crippen LogP contribution in [0.2, 0.25) is 0 Å². The monoisotopic (exact) mass is 266 g/mol. The highest BCUT2D eigenvalue weighted by Gasteiger charge is 2.19. The maximum absolute atomic E-state index is 5.31. The third-order valence-electron chi connectivity index (χ3n) is 3.63. The van der Waals surface area contributed by atoms with E-state index < -0.39 is 0 Å². The van der Waals surface area contributed by atoms with Gasteiger partial charge >= 0.3 is 0 Å². The fourth-order valence-corrected chi connectivity index (χ4v) is 2.70. The van der Waals surface area contributed by atoms with Crippen molar-refractivity contribution in [3.8, 4) is 5.75 Å². The van der Waals surface area contributed by atoms with E-state index in [0.29, 0.717) is 6.04 Å². The maximum Gasteiger partial charge on any atom is 0.119 e. The van der Waals surface area contributed by atoms with Crippen LogP contribution in [0.15, 0.2) is 18.2 Å². The average Bonchev–Trinajstić information content (AvgIpc) is 2.62. The first-order valence-electron chi connectivity index (χ1n) is 6.21. The Hall–Kier alpha value is -1.19. The molecule has 0 amide bonds. The summed E-state index contributed by atoms with van der Waals surface area (Å²) in [7, 11) is 1.72. The molecule has 1 aliphatic rings. The summed E-state index contributed by atoms with van der Waals surface area (Å²) >= 11 is 0. The van der Waals surface area contributed by atoms with Crippen molar-refractivity contribution in [2.75, 3.05) is 13.7 Å². The summed E-state index contributed by atoms with van der Waals surface area (Å²) in [4.78, 5) is 3.54. The number of aromatic nitrogens is 1. The molecule has 1 aliphatic heterocycles. The molecule has 3 rings (SSSR count). The van der Waals surface area contributed by atoms with Crippen LogP contribution >= 0.6 is 12.4 Å². The molecule has 0 bridgehead atoms. The normalized spacial score (nSPS) is 18.9. The van der Waals surface area contributed by atoms with Crippen molar-refractivity contribution in [3.63, 3.8) is 0 Å². The first-order valence-corrected chi connectivity index (χ1v) is 6.21. The van der Waals surface area contributed by atoms with Crippen molar-refractivity contribution in [3.05, 3.63) is 29.5 Å². The van der Waals surface area contributed by atoms with E-state index in [1.807, 2.05) is 6.07 Å². The number of ether oxygens (including phenoxy) is 1. The summed E-state index contributed by atoms with van der Waals surface area (Å²) < 4.78 is 5.31. The molecular weight excluding hydrogens is 248 g/mol. The lowest BCUT2D eigenvalue weighted by molar-refractivity contribution is 0.415. The highest BCUT2D eigenvalue weighted by Crippen LogP contribution is 2.31. The third kappa shape index (κ3) is 2.08. The number of hydrogen-bond donors (Lipinski definition) is 2. The van der Waals surface area contributed by atoms with Crippen LogP contribution in [0.25, 0.3) is 10.9 Å². The zero-order valence-electron chi connectivity index (χ0n) is 10.7. The zero-order valence-corrected chi connectivity index (χ0v) is 11.6. The fraction of sp³-hybridized carbons (Fsp3) is 0.429. The van der Waals surface area contributed by atoms with E-state index in [1.54, 1.807) is 7.11 Å². The molecule has 0 fully saturated rings. The smallest absolute Gasteiger partial charge is 0.119 e. The van der Waals surface area contributed by atoms with E-state index in [-0.39, 0.29) is 12.4 Å². The van der Waals surface area contributed by atoms with Gasteiger partial charge in [0.2, 0.25) is 0 Å². The Morgan fingerprint density at radius 1 is 1.33 bits per heavy atom. The predicted molar refractivity (Wildman–Crippen MR) is 76.8 cm³/mol. The lowest BCUT2D eigenvalue weighted by Crippen LogP contribution is -2.18. The van der Waals surface area contributed by atoms with Crippen molar-refractivity contribution in [2.24, 2.45) is 0 Å². The molecule has 98 valence electrons. The molecule has 0 radical (unpaired) electrons. The quantitative estimate of drug-likeness (QED) is 0.832. The summed E-state index contributed by atoms with van der Waals surface area (Å²) in [5.74, 6) is 0.934. The number of H-pyrrole nitrogens is 1. The van der Waals surface area contributed by atoms with E-state index in [0.717, 1.165) is 18.7 Å². The third-order valence-corrected chi connectivity index (χ3v) is 3.63. The molecule has 0 saturated heterocycles. The van der Waals surface area contributed by atoms with Gasteiger partial charge in [-0.2, -0.15) is 0 Å². The van der Waals surface area contributed by atoms with Gasteiger partial charge in [0.25, 0.3) is 0 Å². The van der Waals surface area contributed by atoms with Crippen molar-refractivity contribution >= 4 is 23.3 Å². The van der Waals surface area contributed by atoms with Crippen LogP contribution in [0.1, 0.15) is 30.6 Å². The van der Waals surface area contributed by atoms with Crippen LogP contribution in [0.5, 0.6) is 5.75 Å². The van der Waals surface area contributed by atoms with E-state index in [9.17, 15) is 0 Å². The Morgan fingerprint density at radius 2 is 2.17 bits per heavy atom. The lowest BCUT2D eigenvalue weighted by Gasteiger charge is -2.09. The van der Waals surface area contributed by atoms with Crippen molar-refractivity contribution in [2.45, 2.75) is 25.8 Å². The van der Waals surface area contributed by atoms with Crippen LogP contribution in [0.4, 0.5) is 0 Å². The number of nitrogens with one attached hydrogen (secondary N) is 2. The molecule has 2 heterocycles. The molecule has 1 unspecified atom stereocenters. The van der Waals surface area contributed by atoms with Gasteiger partial charge in [0.15, 0.2) is 0 Å². The molecule has 0 aliphatic carbocycles. The van der Waals surface area contributed by atoms with Gasteiger partial charge in [0.1, 0.15) is 5.75 Å². The minimum Gasteiger partial charge on any atom is -0.497 e. The molecule has 3 nitrogen and oxygen atoms in total. The van der Waals surface area contributed by atoms with Crippen LogP contribution in [0.3, 0.4) is 0 Å². The maximum atomic E-state index is 5.31. The minimum absolute atomic E-state index is 0. The van der Waals surface area contributed by atoms with Crippen molar-refractivity contribution < 1.29 is 4.74 Å². The van der Waals surface area contributed by atoms with Gasteiger partial charge in [0.05, 0.1) is 7.11 Å². The second kappa shape index (κ2) is 5.21. The molecule has 2 N–H and O–H groups in total. The van der Waals surface area contributed by atoms with Gasteiger partial charge in [-0.25, -0.2) is 0 Å². The Balaban J connectivity index is 0.00000120. The summed E-state index contributed by atoms with van der Waals surface area (Å²) in [6, 6.07) is 6.67. The van der Waals surface area contributed by atoms with Crippen LogP contribution in [0, 0.1) is 0 Å². The number of halogens is 1. The summed E-state index contributed by atoms with van der Waals surface area (Å²) in [5.41, 5.74) is 4.01. The number of hydrogen-bond acceptors (Lipinski definition) is 2. The van der Waals surface area contributed by atoms with Crippen LogP contribution in [-0.2, 0) is 6.42 Å². The molecule has 2 aromatic rings. The second-order valence-electron chi connectivity index (χ2n) is 4.71. The Morgan fingerprint density at radius 3 is 2.94 bits per heavy atom. The van der Waals surface area contributed by atoms with Gasteiger partial charge in [-0.3, -0.25) is 0 Å². The standard InChI is InChI=1S/C14H18N2O.ClH/c1-9-14-11(4-3-7-15-9)12-8-10(17-2)5-6-13(12)16-14;/h5-6,8-9,15-16H,3-4,7H2,1-2H3;1H. The molecular formula is C14H19ClN2O. The number of fused-ring (bicyclic) bond motifs is 3. The zero-order chi connectivity index (χ0) is 11.8. The van der Waals surface area contributed by atoms with Crippen LogP contribution in [-0.4, -0.2) is 18.6 Å². The molecule has 1 aromatic carbocycles. The second-order valence-corrected chi connectivity index (χ2v) is 4.71. The van der Waals surface area contributed by atoms with Crippen molar-refractivity contribution in [1.29, 1.82) is 0 Å². The SMILES string of the molecule is COc1ccc2[nH]c3c(c2c1)CCCNC3C.Cl. The number of rotatable bonds is 1. The largest absolute Gasteiger partial charge is 0.497 e. The molecule has 1 aromatic heterocycles. The number of methoxy groups -OCH3 is 1. The van der Waals surface area contributed by atoms with E-state index in [4.69, 9.17) is 4.74 Å². The summed E-state index contributed by atoms with van der Waals surface area (Å²) in [5, 5.41) is 4.84. The van der Waals surface area contributed by atoms with E-state index >= 15 is 0 Å². The number of aromatic amines is 1. The Kier molecular flexibility index (Phi) is 3.83. The highest BCUT2D eigenvalue weighted by atomic mass is 35.5. The van der Waals surface area contributed by atoms with Gasteiger partial charge < -0.3 is 15.0 Å². The predicted octanol–water partition coefficient (Wildman–Crippen LogP) is 3.20. The molecule has 1 atom stereocenters.